The van der Waals surface area contributed by atoms with Crippen molar-refractivity contribution in [3.05, 3.63) is 0 Å². The van der Waals surface area contributed by atoms with E-state index in [1.807, 2.05) is 13.8 Å². The highest BCUT2D eigenvalue weighted by Gasteiger charge is 2.40. The van der Waals surface area contributed by atoms with E-state index < -0.39 is 12.6 Å². The number of amides is 1. The summed E-state index contributed by atoms with van der Waals surface area (Å²) in [5, 5.41) is 2.73. The van der Waals surface area contributed by atoms with E-state index in [9.17, 15) is 18.0 Å². The van der Waals surface area contributed by atoms with Gasteiger partial charge in [0.2, 0.25) is 5.91 Å². The molecule has 1 amide bonds. The number of carbonyl (C=O) groups is 1. The van der Waals surface area contributed by atoms with Gasteiger partial charge in [0.1, 0.15) is 0 Å². The number of hydrogen-bond acceptors (Lipinski definition) is 1. The van der Waals surface area contributed by atoms with Crippen LogP contribution in [-0.2, 0) is 4.79 Å². The van der Waals surface area contributed by atoms with Crippen molar-refractivity contribution < 1.29 is 18.0 Å². The molecule has 1 N–H and O–H groups in total. The van der Waals surface area contributed by atoms with Crippen molar-refractivity contribution in [2.45, 2.75) is 51.7 Å². The average molecular weight is 223 g/mol. The van der Waals surface area contributed by atoms with Crippen LogP contribution in [0, 0.1) is 5.41 Å². The van der Waals surface area contributed by atoms with Crippen LogP contribution in [0.3, 0.4) is 0 Å². The smallest absolute Gasteiger partial charge is 0.353 e. The summed E-state index contributed by atoms with van der Waals surface area (Å²) in [5.41, 5.74) is -0.317. The molecule has 88 valence electrons. The van der Waals surface area contributed by atoms with Crippen LogP contribution in [-0.4, -0.2) is 18.1 Å². The van der Waals surface area contributed by atoms with Gasteiger partial charge in [-0.05, 0) is 25.2 Å². The van der Waals surface area contributed by atoms with Crippen LogP contribution in [0.2, 0.25) is 0 Å². The maximum absolute atomic E-state index is 11.9. The fourth-order valence-corrected chi connectivity index (χ4v) is 1.98. The molecule has 0 aliphatic carbocycles. The molecule has 1 aliphatic rings. The van der Waals surface area contributed by atoms with Gasteiger partial charge in [-0.3, -0.25) is 4.79 Å². The van der Waals surface area contributed by atoms with Crippen molar-refractivity contribution in [3.63, 3.8) is 0 Å². The summed E-state index contributed by atoms with van der Waals surface area (Å²) >= 11 is 0. The Kier molecular flexibility index (Phi) is 3.31. The van der Waals surface area contributed by atoms with Gasteiger partial charge in [-0.2, -0.15) is 13.2 Å². The number of rotatable bonds is 3. The van der Waals surface area contributed by atoms with E-state index in [4.69, 9.17) is 0 Å². The van der Waals surface area contributed by atoms with Crippen LogP contribution in [0.15, 0.2) is 0 Å². The fourth-order valence-electron chi connectivity index (χ4n) is 1.98. The molecule has 1 fully saturated rings. The lowest BCUT2D eigenvalue weighted by Gasteiger charge is -2.27. The molecule has 5 heteroatoms. The van der Waals surface area contributed by atoms with E-state index in [0.29, 0.717) is 12.8 Å². The molecule has 0 bridgehead atoms. The van der Waals surface area contributed by atoms with E-state index in [1.54, 1.807) is 0 Å². The van der Waals surface area contributed by atoms with Gasteiger partial charge >= 0.3 is 6.18 Å². The Hall–Kier alpha value is -0.740. The summed E-state index contributed by atoms with van der Waals surface area (Å²) in [7, 11) is 0. The summed E-state index contributed by atoms with van der Waals surface area (Å²) in [6.07, 6.45) is -3.98. The van der Waals surface area contributed by atoms with Crippen LogP contribution in [0.4, 0.5) is 13.2 Å². The standard InChI is InChI=1S/C10H16F3NO/c1-7-9(2,6-8(15)14-7)4-3-5-10(11,12)13/h7H,3-6H2,1-2H3,(H,14,15). The Morgan fingerprint density at radius 3 is 2.53 bits per heavy atom. The Morgan fingerprint density at radius 2 is 2.13 bits per heavy atom. The highest BCUT2D eigenvalue weighted by Crippen LogP contribution is 2.37. The van der Waals surface area contributed by atoms with Gasteiger partial charge < -0.3 is 5.32 Å². The monoisotopic (exact) mass is 223 g/mol. The lowest BCUT2D eigenvalue weighted by Crippen LogP contribution is -2.32. The van der Waals surface area contributed by atoms with Crippen LogP contribution in [0.5, 0.6) is 0 Å². The fraction of sp³-hybridized carbons (Fsp3) is 0.900. The third-order valence-corrected chi connectivity index (χ3v) is 3.20. The minimum absolute atomic E-state index is 0.0294. The van der Waals surface area contributed by atoms with Crippen molar-refractivity contribution in [2.75, 3.05) is 0 Å². The van der Waals surface area contributed by atoms with E-state index in [1.165, 1.54) is 0 Å². The van der Waals surface area contributed by atoms with E-state index in [-0.39, 0.29) is 23.8 Å². The van der Waals surface area contributed by atoms with Crippen molar-refractivity contribution in [1.82, 2.24) is 5.32 Å². The molecule has 0 radical (unpaired) electrons. The Balaban J connectivity index is 2.41. The molecule has 0 saturated carbocycles. The average Bonchev–Trinajstić information content (AvgIpc) is 2.23. The topological polar surface area (TPSA) is 29.1 Å². The number of nitrogens with one attached hydrogen (secondary N) is 1. The normalized spacial score (nSPS) is 31.8. The summed E-state index contributed by atoms with van der Waals surface area (Å²) in [4.78, 5) is 11.1. The molecule has 0 aromatic heterocycles. The van der Waals surface area contributed by atoms with Crippen molar-refractivity contribution >= 4 is 5.91 Å². The van der Waals surface area contributed by atoms with Gasteiger partial charge in [-0.25, -0.2) is 0 Å². The molecular formula is C10H16F3NO. The molecule has 0 spiro atoms. The molecule has 0 aromatic rings. The summed E-state index contributed by atoms with van der Waals surface area (Å²) in [6, 6.07) is -0.0294. The molecule has 1 rings (SSSR count). The highest BCUT2D eigenvalue weighted by molar-refractivity contribution is 5.79. The van der Waals surface area contributed by atoms with Gasteiger partial charge in [0, 0.05) is 18.9 Å². The van der Waals surface area contributed by atoms with Gasteiger partial charge in [-0.15, -0.1) is 0 Å². The third-order valence-electron chi connectivity index (χ3n) is 3.20. The number of alkyl halides is 3. The second kappa shape index (κ2) is 4.02. The van der Waals surface area contributed by atoms with Gasteiger partial charge in [0.05, 0.1) is 0 Å². The first kappa shape index (κ1) is 12.3. The first-order valence-electron chi connectivity index (χ1n) is 5.09. The summed E-state index contributed by atoms with van der Waals surface area (Å²) in [5.74, 6) is -0.0583. The number of carbonyl (C=O) groups excluding carboxylic acids is 1. The summed E-state index contributed by atoms with van der Waals surface area (Å²) in [6.45, 7) is 3.71. The molecule has 2 unspecified atom stereocenters. The van der Waals surface area contributed by atoms with Crippen LogP contribution >= 0.6 is 0 Å². The molecular weight excluding hydrogens is 207 g/mol. The maximum Gasteiger partial charge on any atom is 0.389 e. The van der Waals surface area contributed by atoms with E-state index in [0.717, 1.165) is 0 Å². The molecule has 15 heavy (non-hydrogen) atoms. The van der Waals surface area contributed by atoms with Crippen LogP contribution in [0.25, 0.3) is 0 Å². The Morgan fingerprint density at radius 1 is 1.53 bits per heavy atom. The molecule has 0 aromatic carbocycles. The number of hydrogen-bond donors (Lipinski definition) is 1. The van der Waals surface area contributed by atoms with Crippen molar-refractivity contribution in [2.24, 2.45) is 5.41 Å². The van der Waals surface area contributed by atoms with Crippen LogP contribution < -0.4 is 5.32 Å². The molecule has 1 heterocycles. The first-order chi connectivity index (χ1) is 6.73. The lowest BCUT2D eigenvalue weighted by atomic mass is 9.79. The zero-order valence-electron chi connectivity index (χ0n) is 8.95. The minimum atomic E-state index is -4.09. The van der Waals surface area contributed by atoms with E-state index in [2.05, 4.69) is 5.32 Å². The quantitative estimate of drug-likeness (QED) is 0.783. The SMILES string of the molecule is CC1NC(=O)CC1(C)CCCC(F)(F)F. The zero-order valence-corrected chi connectivity index (χ0v) is 8.95. The Bertz CT molecular complexity index is 252. The predicted molar refractivity (Wildman–Crippen MR) is 50.2 cm³/mol. The minimum Gasteiger partial charge on any atom is -0.353 e. The highest BCUT2D eigenvalue weighted by atomic mass is 19.4. The maximum atomic E-state index is 11.9. The molecule has 2 atom stereocenters. The van der Waals surface area contributed by atoms with Gasteiger partial charge in [0.25, 0.3) is 0 Å². The van der Waals surface area contributed by atoms with Gasteiger partial charge in [0.15, 0.2) is 0 Å². The molecule has 2 nitrogen and oxygen atoms in total. The largest absolute Gasteiger partial charge is 0.389 e. The third kappa shape index (κ3) is 3.39. The summed E-state index contributed by atoms with van der Waals surface area (Å²) < 4.78 is 35.8. The Labute approximate surface area is 87.2 Å². The van der Waals surface area contributed by atoms with Crippen LogP contribution in [0.1, 0.15) is 39.5 Å². The second-order valence-corrected chi connectivity index (χ2v) is 4.59. The lowest BCUT2D eigenvalue weighted by molar-refractivity contribution is -0.136. The second-order valence-electron chi connectivity index (χ2n) is 4.59. The number of halogens is 3. The predicted octanol–water partition coefficient (Wildman–Crippen LogP) is 2.63. The van der Waals surface area contributed by atoms with Crippen molar-refractivity contribution in [3.8, 4) is 0 Å². The molecule has 1 saturated heterocycles. The van der Waals surface area contributed by atoms with Crippen molar-refractivity contribution in [1.29, 1.82) is 0 Å². The molecule has 1 aliphatic heterocycles. The zero-order chi connectivity index (χ0) is 11.7. The van der Waals surface area contributed by atoms with E-state index >= 15 is 0 Å². The first-order valence-corrected chi connectivity index (χ1v) is 5.09. The van der Waals surface area contributed by atoms with Gasteiger partial charge in [-0.1, -0.05) is 6.92 Å².